The number of hydrogen-bond donors (Lipinski definition) is 1. The molecule has 0 spiro atoms. The molecule has 0 saturated carbocycles. The summed E-state index contributed by atoms with van der Waals surface area (Å²) in [5.74, 6) is -1.04. The van der Waals surface area contributed by atoms with Crippen LogP contribution in [0, 0.1) is 13.8 Å². The molecule has 0 bridgehead atoms. The van der Waals surface area contributed by atoms with E-state index in [1.165, 1.54) is 6.07 Å². The number of fused-ring (bicyclic) bond motifs is 1. The summed E-state index contributed by atoms with van der Waals surface area (Å²) in [6.45, 7) is 4.76. The third-order valence-corrected chi connectivity index (χ3v) is 7.04. The molecular weight excluding hydrogens is 400 g/mol. The Labute approximate surface area is 176 Å². The monoisotopic (exact) mass is 424 g/mol. The highest BCUT2D eigenvalue weighted by molar-refractivity contribution is 7.97. The molecule has 1 N–H and O–H groups in total. The van der Waals surface area contributed by atoms with Crippen LogP contribution in [-0.2, 0) is 10.0 Å². The van der Waals surface area contributed by atoms with Gasteiger partial charge in [0.1, 0.15) is 5.70 Å². The third kappa shape index (κ3) is 3.54. The van der Waals surface area contributed by atoms with Crippen LogP contribution in [0.15, 0.2) is 53.1 Å². The van der Waals surface area contributed by atoms with Crippen molar-refractivity contribution in [2.45, 2.75) is 33.1 Å². The van der Waals surface area contributed by atoms with E-state index >= 15 is 0 Å². The van der Waals surface area contributed by atoms with Gasteiger partial charge in [0.15, 0.2) is 4.91 Å². The lowest BCUT2D eigenvalue weighted by Gasteiger charge is -2.33. The van der Waals surface area contributed by atoms with E-state index in [1.54, 1.807) is 36.1 Å². The normalized spacial score (nSPS) is 17.2. The molecule has 1 heterocycles. The van der Waals surface area contributed by atoms with Crippen molar-refractivity contribution >= 4 is 27.3 Å². The smallest absolute Gasteiger partial charge is 0.268 e. The lowest BCUT2D eigenvalue weighted by Crippen LogP contribution is -2.40. The highest BCUT2D eigenvalue weighted by Crippen LogP contribution is 2.34. The van der Waals surface area contributed by atoms with Crippen molar-refractivity contribution in [2.24, 2.45) is 0 Å². The number of anilines is 1. The molecule has 0 amide bonds. The van der Waals surface area contributed by atoms with Gasteiger partial charge in [0.05, 0.1) is 5.69 Å². The van der Waals surface area contributed by atoms with E-state index in [2.05, 4.69) is 4.72 Å². The average Bonchev–Trinajstić information content (AvgIpc) is 2.73. The Hall–Kier alpha value is -2.93. The minimum absolute atomic E-state index is 0.00351. The van der Waals surface area contributed by atoms with Crippen LogP contribution in [-0.4, -0.2) is 38.0 Å². The van der Waals surface area contributed by atoms with Crippen molar-refractivity contribution in [2.75, 3.05) is 17.8 Å². The number of nitrogens with one attached hydrogen (secondary N) is 1. The SMILES string of the molecule is Cc1ccc(C)c(NS(=O)(=O)C2=C(N3CCCCC3)C(=O)c3ccccc3C2=O)c1. The van der Waals surface area contributed by atoms with E-state index in [9.17, 15) is 18.0 Å². The molecule has 0 unspecified atom stereocenters. The second-order valence-electron chi connectivity index (χ2n) is 7.85. The first-order chi connectivity index (χ1) is 14.3. The van der Waals surface area contributed by atoms with Crippen molar-refractivity contribution in [1.82, 2.24) is 4.90 Å². The summed E-state index contributed by atoms with van der Waals surface area (Å²) in [6, 6.07) is 11.8. The molecule has 2 aromatic carbocycles. The van der Waals surface area contributed by atoms with Crippen LogP contribution in [0.5, 0.6) is 0 Å². The molecule has 30 heavy (non-hydrogen) atoms. The van der Waals surface area contributed by atoms with Gasteiger partial charge in [-0.25, -0.2) is 8.42 Å². The lowest BCUT2D eigenvalue weighted by molar-refractivity contribution is 0.0939. The molecule has 7 heteroatoms. The Morgan fingerprint density at radius 3 is 2.17 bits per heavy atom. The first kappa shape index (κ1) is 20.3. The number of allylic oxidation sites excluding steroid dienone is 2. The Balaban J connectivity index is 1.88. The zero-order valence-electron chi connectivity index (χ0n) is 17.1. The number of ketones is 2. The highest BCUT2D eigenvalue weighted by Gasteiger charge is 2.41. The minimum atomic E-state index is -4.28. The molecule has 1 fully saturated rings. The maximum absolute atomic E-state index is 13.5. The maximum atomic E-state index is 13.5. The van der Waals surface area contributed by atoms with Crippen molar-refractivity contribution in [3.05, 3.63) is 75.3 Å². The predicted molar refractivity (Wildman–Crippen MR) is 116 cm³/mol. The Kier molecular flexibility index (Phi) is 5.24. The Morgan fingerprint density at radius 1 is 0.867 bits per heavy atom. The van der Waals surface area contributed by atoms with E-state index in [0.29, 0.717) is 18.8 Å². The number of benzene rings is 2. The fraction of sp³-hybridized carbons (Fsp3) is 0.304. The molecular formula is C23H24N2O4S. The minimum Gasteiger partial charge on any atom is -0.367 e. The molecule has 2 aliphatic rings. The second kappa shape index (κ2) is 7.72. The van der Waals surface area contributed by atoms with Gasteiger partial charge in [-0.2, -0.15) is 0 Å². The molecule has 1 saturated heterocycles. The van der Waals surface area contributed by atoms with Crippen LogP contribution in [0.2, 0.25) is 0 Å². The fourth-order valence-corrected chi connectivity index (χ4v) is 5.48. The van der Waals surface area contributed by atoms with Gasteiger partial charge in [-0.1, -0.05) is 36.4 Å². The predicted octanol–water partition coefficient (Wildman–Crippen LogP) is 3.82. The van der Waals surface area contributed by atoms with E-state index in [4.69, 9.17) is 0 Å². The number of Topliss-reactive ketones (excluding diaryl/α,β-unsaturated/α-hetero) is 2. The van der Waals surface area contributed by atoms with E-state index in [-0.39, 0.29) is 16.8 Å². The second-order valence-corrected chi connectivity index (χ2v) is 9.47. The zero-order chi connectivity index (χ0) is 21.5. The van der Waals surface area contributed by atoms with Crippen molar-refractivity contribution < 1.29 is 18.0 Å². The molecule has 1 aliphatic heterocycles. The van der Waals surface area contributed by atoms with Crippen molar-refractivity contribution in [1.29, 1.82) is 0 Å². The molecule has 2 aromatic rings. The fourth-order valence-electron chi connectivity index (χ4n) is 4.04. The standard InChI is InChI=1S/C23H24N2O4S/c1-15-10-11-16(2)19(14-15)24-30(28,29)23-20(25-12-6-3-7-13-25)21(26)17-8-4-5-9-18(17)22(23)27/h4-5,8-11,14,24H,3,6-7,12-13H2,1-2H3. The lowest BCUT2D eigenvalue weighted by atomic mass is 9.91. The Bertz CT molecular complexity index is 1180. The summed E-state index contributed by atoms with van der Waals surface area (Å²) in [6.07, 6.45) is 2.72. The highest BCUT2D eigenvalue weighted by atomic mass is 32.2. The van der Waals surface area contributed by atoms with Crippen molar-refractivity contribution in [3.8, 4) is 0 Å². The third-order valence-electron chi connectivity index (χ3n) is 5.63. The van der Waals surface area contributed by atoms with Crippen LogP contribution in [0.4, 0.5) is 5.69 Å². The summed E-state index contributed by atoms with van der Waals surface area (Å²) in [7, 11) is -4.28. The number of rotatable bonds is 4. The molecule has 4 rings (SSSR count). The van der Waals surface area contributed by atoms with E-state index < -0.39 is 26.5 Å². The largest absolute Gasteiger partial charge is 0.367 e. The van der Waals surface area contributed by atoms with Crippen LogP contribution in [0.1, 0.15) is 51.1 Å². The van der Waals surface area contributed by atoms with Gasteiger partial charge in [-0.3, -0.25) is 14.3 Å². The molecule has 0 atom stereocenters. The van der Waals surface area contributed by atoms with E-state index in [0.717, 1.165) is 30.4 Å². The summed E-state index contributed by atoms with van der Waals surface area (Å²) in [5, 5.41) is 0. The Morgan fingerprint density at radius 2 is 1.50 bits per heavy atom. The van der Waals surface area contributed by atoms with Crippen LogP contribution < -0.4 is 4.72 Å². The van der Waals surface area contributed by atoms with Gasteiger partial charge < -0.3 is 4.90 Å². The molecule has 0 radical (unpaired) electrons. The quantitative estimate of drug-likeness (QED) is 0.807. The van der Waals surface area contributed by atoms with Crippen LogP contribution >= 0.6 is 0 Å². The van der Waals surface area contributed by atoms with Gasteiger partial charge in [-0.05, 0) is 50.3 Å². The van der Waals surface area contributed by atoms with Gasteiger partial charge in [0.25, 0.3) is 10.0 Å². The number of piperidine rings is 1. The summed E-state index contributed by atoms with van der Waals surface area (Å²) in [4.78, 5) is 28.0. The molecule has 156 valence electrons. The average molecular weight is 425 g/mol. The van der Waals surface area contributed by atoms with E-state index in [1.807, 2.05) is 19.1 Å². The number of hydrogen-bond acceptors (Lipinski definition) is 5. The van der Waals surface area contributed by atoms with Gasteiger partial charge in [0, 0.05) is 24.2 Å². The summed E-state index contributed by atoms with van der Waals surface area (Å²) >= 11 is 0. The first-order valence-electron chi connectivity index (χ1n) is 10.1. The maximum Gasteiger partial charge on any atom is 0.268 e. The number of carbonyl (C=O) groups is 2. The van der Waals surface area contributed by atoms with Gasteiger partial charge in [0.2, 0.25) is 11.6 Å². The van der Waals surface area contributed by atoms with Gasteiger partial charge >= 0.3 is 0 Å². The number of nitrogens with zero attached hydrogens (tertiary/aromatic N) is 1. The van der Waals surface area contributed by atoms with Crippen LogP contribution in [0.3, 0.4) is 0 Å². The topological polar surface area (TPSA) is 83.6 Å². The number of carbonyl (C=O) groups excluding carboxylic acids is 2. The van der Waals surface area contributed by atoms with Gasteiger partial charge in [-0.15, -0.1) is 0 Å². The number of sulfonamides is 1. The first-order valence-corrected chi connectivity index (χ1v) is 11.6. The van der Waals surface area contributed by atoms with Crippen LogP contribution in [0.25, 0.3) is 0 Å². The number of likely N-dealkylation sites (tertiary alicyclic amines) is 1. The molecule has 6 nitrogen and oxygen atoms in total. The number of aryl methyl sites for hydroxylation is 2. The summed E-state index contributed by atoms with van der Waals surface area (Å²) < 4.78 is 29.5. The molecule has 0 aromatic heterocycles. The molecule has 1 aliphatic carbocycles. The zero-order valence-corrected chi connectivity index (χ0v) is 17.9. The summed E-state index contributed by atoms with van der Waals surface area (Å²) in [5.41, 5.74) is 2.41. The van der Waals surface area contributed by atoms with Crippen molar-refractivity contribution in [3.63, 3.8) is 0 Å².